The van der Waals surface area contributed by atoms with Crippen molar-refractivity contribution >= 4 is 23.5 Å². The van der Waals surface area contributed by atoms with Gasteiger partial charge in [-0.3, -0.25) is 9.59 Å². The van der Waals surface area contributed by atoms with Crippen molar-refractivity contribution in [2.45, 2.75) is 27.7 Å². The first-order valence-electron chi connectivity index (χ1n) is 9.20. The van der Waals surface area contributed by atoms with Crippen LogP contribution in [0.1, 0.15) is 47.1 Å². The maximum atomic E-state index is 12.5. The van der Waals surface area contributed by atoms with Crippen molar-refractivity contribution < 1.29 is 24.2 Å². The third-order valence-electron chi connectivity index (χ3n) is 4.00. The van der Waals surface area contributed by atoms with Crippen LogP contribution in [0.4, 0.5) is 5.69 Å². The standard InChI is InChI=1S/C22H26N2O5/c1-14-11-17(29-12-19(25)26)9-10-18(14)24-21(28)16-7-5-15(6-8-16)20(27)23-13-22(2,3)4/h5-11H,12-13H2,1-4H3,(H,23,27)(H,24,28)(H,25,26). The molecule has 0 unspecified atom stereocenters. The molecule has 2 rings (SSSR count). The monoisotopic (exact) mass is 398 g/mol. The van der Waals surface area contributed by atoms with Gasteiger partial charge in [0.1, 0.15) is 5.75 Å². The molecule has 2 aromatic rings. The third kappa shape index (κ3) is 6.95. The number of amides is 2. The predicted octanol–water partition coefficient (Wildman–Crippen LogP) is 3.49. The van der Waals surface area contributed by atoms with E-state index in [1.165, 1.54) is 0 Å². The molecule has 7 heteroatoms. The number of carbonyl (C=O) groups excluding carboxylic acids is 2. The van der Waals surface area contributed by atoms with E-state index in [0.717, 1.165) is 5.56 Å². The SMILES string of the molecule is Cc1cc(OCC(=O)O)ccc1NC(=O)c1ccc(C(=O)NCC(C)(C)C)cc1. The highest BCUT2D eigenvalue weighted by Crippen LogP contribution is 2.22. The average molecular weight is 398 g/mol. The molecule has 29 heavy (non-hydrogen) atoms. The molecule has 0 fully saturated rings. The normalized spacial score (nSPS) is 10.9. The first kappa shape index (κ1) is 21.9. The average Bonchev–Trinajstić information content (AvgIpc) is 2.65. The van der Waals surface area contributed by atoms with Crippen LogP contribution in [0, 0.1) is 12.3 Å². The lowest BCUT2D eigenvalue weighted by molar-refractivity contribution is -0.139. The molecule has 2 amide bonds. The van der Waals surface area contributed by atoms with E-state index in [0.29, 0.717) is 29.1 Å². The van der Waals surface area contributed by atoms with Gasteiger partial charge in [0.05, 0.1) is 0 Å². The molecule has 0 aromatic heterocycles. The number of carboxylic acids is 1. The maximum Gasteiger partial charge on any atom is 0.341 e. The van der Waals surface area contributed by atoms with Crippen LogP contribution in [-0.2, 0) is 4.79 Å². The van der Waals surface area contributed by atoms with Crippen LogP contribution in [0.3, 0.4) is 0 Å². The molecule has 0 spiro atoms. The van der Waals surface area contributed by atoms with E-state index in [1.54, 1.807) is 49.4 Å². The second-order valence-corrected chi connectivity index (χ2v) is 7.93. The molecule has 0 radical (unpaired) electrons. The number of hydrogen-bond acceptors (Lipinski definition) is 4. The van der Waals surface area contributed by atoms with Gasteiger partial charge in [-0.2, -0.15) is 0 Å². The number of anilines is 1. The summed E-state index contributed by atoms with van der Waals surface area (Å²) in [6, 6.07) is 11.3. The number of rotatable bonds is 7. The van der Waals surface area contributed by atoms with Gasteiger partial charge in [-0.05, 0) is 60.4 Å². The van der Waals surface area contributed by atoms with Crippen molar-refractivity contribution in [2.75, 3.05) is 18.5 Å². The summed E-state index contributed by atoms with van der Waals surface area (Å²) >= 11 is 0. The van der Waals surface area contributed by atoms with Crippen LogP contribution in [0.15, 0.2) is 42.5 Å². The van der Waals surface area contributed by atoms with Crippen molar-refractivity contribution in [1.29, 1.82) is 0 Å². The quantitative estimate of drug-likeness (QED) is 0.662. The molecule has 7 nitrogen and oxygen atoms in total. The Morgan fingerprint density at radius 3 is 2.07 bits per heavy atom. The minimum absolute atomic E-state index is 0.0123. The number of benzene rings is 2. The fraction of sp³-hybridized carbons (Fsp3) is 0.318. The smallest absolute Gasteiger partial charge is 0.341 e. The zero-order chi connectivity index (χ0) is 21.6. The predicted molar refractivity (Wildman–Crippen MR) is 110 cm³/mol. The van der Waals surface area contributed by atoms with Crippen LogP contribution in [-0.4, -0.2) is 36.0 Å². The van der Waals surface area contributed by atoms with E-state index < -0.39 is 12.6 Å². The molecule has 154 valence electrons. The largest absolute Gasteiger partial charge is 0.482 e. The highest BCUT2D eigenvalue weighted by molar-refractivity contribution is 6.05. The molecule has 0 saturated carbocycles. The number of aliphatic carboxylic acids is 1. The van der Waals surface area contributed by atoms with Gasteiger partial charge in [-0.15, -0.1) is 0 Å². The number of carboxylic acid groups (broad SMARTS) is 1. The molecule has 0 aliphatic carbocycles. The van der Waals surface area contributed by atoms with Gasteiger partial charge in [0.15, 0.2) is 6.61 Å². The number of hydrogen-bond donors (Lipinski definition) is 3. The van der Waals surface area contributed by atoms with Crippen LogP contribution in [0.2, 0.25) is 0 Å². The van der Waals surface area contributed by atoms with Gasteiger partial charge in [0.25, 0.3) is 11.8 Å². The molecule has 3 N–H and O–H groups in total. The Labute approximate surface area is 170 Å². The van der Waals surface area contributed by atoms with Crippen LogP contribution < -0.4 is 15.4 Å². The van der Waals surface area contributed by atoms with Gasteiger partial charge >= 0.3 is 5.97 Å². The molecule has 0 aliphatic heterocycles. The minimum atomic E-state index is -1.06. The lowest BCUT2D eigenvalue weighted by Gasteiger charge is -2.18. The molecule has 0 heterocycles. The van der Waals surface area contributed by atoms with E-state index in [-0.39, 0.29) is 17.2 Å². The summed E-state index contributed by atoms with van der Waals surface area (Å²) in [6.45, 7) is 8.01. The summed E-state index contributed by atoms with van der Waals surface area (Å²) < 4.78 is 5.12. The lowest BCUT2D eigenvalue weighted by atomic mass is 9.97. The van der Waals surface area contributed by atoms with Gasteiger partial charge in [-0.1, -0.05) is 20.8 Å². The van der Waals surface area contributed by atoms with Gasteiger partial charge in [0.2, 0.25) is 0 Å². The summed E-state index contributed by atoms with van der Waals surface area (Å²) in [7, 11) is 0. The number of nitrogens with one attached hydrogen (secondary N) is 2. The Bertz CT molecular complexity index is 898. The molecule has 0 saturated heterocycles. The summed E-state index contributed by atoms with van der Waals surface area (Å²) in [4.78, 5) is 35.2. The minimum Gasteiger partial charge on any atom is -0.482 e. The lowest BCUT2D eigenvalue weighted by Crippen LogP contribution is -2.32. The second-order valence-electron chi connectivity index (χ2n) is 7.93. The van der Waals surface area contributed by atoms with Crippen molar-refractivity contribution in [3.05, 3.63) is 59.2 Å². The van der Waals surface area contributed by atoms with Crippen LogP contribution in [0.5, 0.6) is 5.75 Å². The van der Waals surface area contributed by atoms with E-state index >= 15 is 0 Å². The van der Waals surface area contributed by atoms with Gasteiger partial charge in [0, 0.05) is 23.4 Å². The fourth-order valence-corrected chi connectivity index (χ4v) is 2.43. The summed E-state index contributed by atoms with van der Waals surface area (Å²) in [5, 5.41) is 14.3. The molecular formula is C22H26N2O5. The van der Waals surface area contributed by atoms with Crippen molar-refractivity contribution in [2.24, 2.45) is 5.41 Å². The number of ether oxygens (including phenoxy) is 1. The summed E-state index contributed by atoms with van der Waals surface area (Å²) in [6.07, 6.45) is 0. The van der Waals surface area contributed by atoms with Crippen molar-refractivity contribution in [3.8, 4) is 5.75 Å². The first-order chi connectivity index (χ1) is 13.5. The fourth-order valence-electron chi connectivity index (χ4n) is 2.43. The maximum absolute atomic E-state index is 12.5. The Kier molecular flexibility index (Phi) is 6.98. The van der Waals surface area contributed by atoms with Crippen molar-refractivity contribution in [3.63, 3.8) is 0 Å². The molecule has 2 aromatic carbocycles. The topological polar surface area (TPSA) is 105 Å². The van der Waals surface area contributed by atoms with E-state index in [4.69, 9.17) is 9.84 Å². The zero-order valence-corrected chi connectivity index (χ0v) is 17.0. The Morgan fingerprint density at radius 1 is 0.966 bits per heavy atom. The van der Waals surface area contributed by atoms with Gasteiger partial charge < -0.3 is 20.5 Å². The number of carbonyl (C=O) groups is 3. The first-order valence-corrected chi connectivity index (χ1v) is 9.20. The third-order valence-corrected chi connectivity index (χ3v) is 4.00. The van der Waals surface area contributed by atoms with Gasteiger partial charge in [-0.25, -0.2) is 4.79 Å². The van der Waals surface area contributed by atoms with E-state index in [1.807, 2.05) is 20.8 Å². The Balaban J connectivity index is 2.00. The zero-order valence-electron chi connectivity index (χ0n) is 17.0. The van der Waals surface area contributed by atoms with Crippen molar-refractivity contribution in [1.82, 2.24) is 5.32 Å². The Morgan fingerprint density at radius 2 is 1.55 bits per heavy atom. The molecule has 0 aliphatic rings. The second kappa shape index (κ2) is 9.23. The van der Waals surface area contributed by atoms with E-state index in [2.05, 4.69) is 10.6 Å². The molecule has 0 bridgehead atoms. The summed E-state index contributed by atoms with van der Waals surface area (Å²) in [5.41, 5.74) is 2.22. The van der Waals surface area contributed by atoms with E-state index in [9.17, 15) is 14.4 Å². The highest BCUT2D eigenvalue weighted by atomic mass is 16.5. The van der Waals surface area contributed by atoms with Crippen LogP contribution >= 0.6 is 0 Å². The molecular weight excluding hydrogens is 372 g/mol. The van der Waals surface area contributed by atoms with Crippen LogP contribution in [0.25, 0.3) is 0 Å². The number of aryl methyl sites for hydroxylation is 1. The highest BCUT2D eigenvalue weighted by Gasteiger charge is 2.14. The summed E-state index contributed by atoms with van der Waals surface area (Å²) in [5.74, 6) is -1.14. The molecule has 0 atom stereocenters. The Hall–Kier alpha value is -3.35.